The average molecular weight is 214 g/mol. The summed E-state index contributed by atoms with van der Waals surface area (Å²) in [5.41, 5.74) is -1.11. The topological polar surface area (TPSA) is 46.5 Å². The van der Waals surface area contributed by atoms with Crippen LogP contribution in [-0.4, -0.2) is 17.7 Å². The van der Waals surface area contributed by atoms with Gasteiger partial charge in [0.2, 0.25) is 0 Å². The van der Waals surface area contributed by atoms with Crippen molar-refractivity contribution >= 4 is 17.3 Å². The van der Waals surface area contributed by atoms with Crippen LogP contribution in [0.5, 0.6) is 0 Å². The largest absolute Gasteiger partial charge is 0.466 e. The van der Waals surface area contributed by atoms with Crippen LogP contribution in [0.2, 0.25) is 0 Å². The molecule has 0 bridgehead atoms. The molecule has 0 amide bonds. The molecule has 1 heterocycles. The number of aliphatic hydroxyl groups is 1. The third kappa shape index (κ3) is 2.82. The standard InChI is InChI=1S/C10H14O3S/c1-3-13-9(11)7-10(2,12)8-5-4-6-14-8/h4-6,12H,3,7H2,1-2H3. The lowest BCUT2D eigenvalue weighted by Gasteiger charge is -2.20. The molecular weight excluding hydrogens is 200 g/mol. The summed E-state index contributed by atoms with van der Waals surface area (Å²) >= 11 is 1.43. The maximum atomic E-state index is 11.2. The number of hydrogen-bond acceptors (Lipinski definition) is 4. The van der Waals surface area contributed by atoms with Crippen molar-refractivity contribution in [2.24, 2.45) is 0 Å². The fourth-order valence-corrected chi connectivity index (χ4v) is 1.95. The minimum atomic E-state index is -1.11. The van der Waals surface area contributed by atoms with Gasteiger partial charge in [-0.1, -0.05) is 6.07 Å². The first-order chi connectivity index (χ1) is 6.56. The molecule has 1 unspecified atom stereocenters. The molecule has 0 radical (unpaired) electrons. The summed E-state index contributed by atoms with van der Waals surface area (Å²) in [7, 11) is 0. The zero-order valence-corrected chi connectivity index (χ0v) is 9.13. The molecular formula is C10H14O3S. The quantitative estimate of drug-likeness (QED) is 0.779. The Labute approximate surface area is 87.3 Å². The molecule has 1 aromatic rings. The van der Waals surface area contributed by atoms with Crippen LogP contribution in [0.15, 0.2) is 17.5 Å². The van der Waals surface area contributed by atoms with E-state index in [1.165, 1.54) is 11.3 Å². The Balaban J connectivity index is 2.63. The highest BCUT2D eigenvalue weighted by molar-refractivity contribution is 7.10. The molecule has 1 aromatic heterocycles. The second-order valence-electron chi connectivity index (χ2n) is 3.23. The predicted molar refractivity (Wildman–Crippen MR) is 55.1 cm³/mol. The van der Waals surface area contributed by atoms with Gasteiger partial charge in [0.15, 0.2) is 0 Å². The molecule has 1 rings (SSSR count). The van der Waals surface area contributed by atoms with Crippen molar-refractivity contribution < 1.29 is 14.6 Å². The molecule has 78 valence electrons. The van der Waals surface area contributed by atoms with Gasteiger partial charge in [-0.15, -0.1) is 11.3 Å². The monoisotopic (exact) mass is 214 g/mol. The molecule has 4 heteroatoms. The Kier molecular flexibility index (Phi) is 3.66. The second-order valence-corrected chi connectivity index (χ2v) is 4.18. The van der Waals surface area contributed by atoms with E-state index in [1.54, 1.807) is 13.8 Å². The van der Waals surface area contributed by atoms with Crippen molar-refractivity contribution in [3.05, 3.63) is 22.4 Å². The van der Waals surface area contributed by atoms with E-state index in [2.05, 4.69) is 0 Å². The minimum absolute atomic E-state index is 0.00134. The van der Waals surface area contributed by atoms with Crippen molar-refractivity contribution in [3.63, 3.8) is 0 Å². The van der Waals surface area contributed by atoms with Crippen molar-refractivity contribution in [3.8, 4) is 0 Å². The van der Waals surface area contributed by atoms with Crippen LogP contribution in [0.1, 0.15) is 25.1 Å². The van der Waals surface area contributed by atoms with E-state index in [9.17, 15) is 9.90 Å². The molecule has 0 fully saturated rings. The highest BCUT2D eigenvalue weighted by atomic mass is 32.1. The number of carbonyl (C=O) groups is 1. The van der Waals surface area contributed by atoms with Crippen molar-refractivity contribution in [1.29, 1.82) is 0 Å². The average Bonchev–Trinajstić information content (AvgIpc) is 2.54. The molecule has 1 N–H and O–H groups in total. The Morgan fingerprint density at radius 1 is 1.71 bits per heavy atom. The summed E-state index contributed by atoms with van der Waals surface area (Å²) in [6.07, 6.45) is 0.00134. The lowest BCUT2D eigenvalue weighted by molar-refractivity contribution is -0.148. The molecule has 0 aliphatic rings. The van der Waals surface area contributed by atoms with Crippen LogP contribution in [-0.2, 0) is 15.1 Å². The van der Waals surface area contributed by atoms with Gasteiger partial charge in [-0.3, -0.25) is 4.79 Å². The van der Waals surface area contributed by atoms with Gasteiger partial charge < -0.3 is 9.84 Å². The predicted octanol–water partition coefficient (Wildman–Crippen LogP) is 1.91. The first-order valence-corrected chi connectivity index (χ1v) is 5.36. The zero-order valence-electron chi connectivity index (χ0n) is 8.32. The summed E-state index contributed by atoms with van der Waals surface area (Å²) in [5, 5.41) is 11.9. The molecule has 0 spiro atoms. The summed E-state index contributed by atoms with van der Waals surface area (Å²) in [6, 6.07) is 3.66. The van der Waals surface area contributed by atoms with E-state index < -0.39 is 5.60 Å². The summed E-state index contributed by atoms with van der Waals surface area (Å²) < 4.78 is 4.78. The third-order valence-corrected chi connectivity index (χ3v) is 2.97. The summed E-state index contributed by atoms with van der Waals surface area (Å²) in [4.78, 5) is 12.0. The number of rotatable bonds is 4. The lowest BCUT2D eigenvalue weighted by atomic mass is 10.0. The van der Waals surface area contributed by atoms with Crippen molar-refractivity contribution in [2.75, 3.05) is 6.61 Å². The number of ether oxygens (including phenoxy) is 1. The van der Waals surface area contributed by atoms with Crippen LogP contribution in [0.4, 0.5) is 0 Å². The van der Waals surface area contributed by atoms with Gasteiger partial charge in [-0.25, -0.2) is 0 Å². The first-order valence-electron chi connectivity index (χ1n) is 4.48. The van der Waals surface area contributed by atoms with E-state index in [4.69, 9.17) is 4.74 Å². The van der Waals surface area contributed by atoms with Crippen LogP contribution >= 0.6 is 11.3 Å². The van der Waals surface area contributed by atoms with E-state index >= 15 is 0 Å². The molecule has 0 aromatic carbocycles. The van der Waals surface area contributed by atoms with Gasteiger partial charge in [0, 0.05) is 4.88 Å². The molecule has 0 aliphatic carbocycles. The smallest absolute Gasteiger partial charge is 0.309 e. The normalized spacial score (nSPS) is 14.8. The molecule has 1 atom stereocenters. The van der Waals surface area contributed by atoms with Crippen LogP contribution in [0, 0.1) is 0 Å². The summed E-state index contributed by atoms with van der Waals surface area (Å²) in [6.45, 7) is 3.72. The fraction of sp³-hybridized carbons (Fsp3) is 0.500. The van der Waals surface area contributed by atoms with Crippen molar-refractivity contribution in [1.82, 2.24) is 0 Å². The van der Waals surface area contributed by atoms with Gasteiger partial charge in [0.1, 0.15) is 5.60 Å². The van der Waals surface area contributed by atoms with E-state index in [0.29, 0.717) is 6.61 Å². The van der Waals surface area contributed by atoms with E-state index in [1.807, 2.05) is 17.5 Å². The van der Waals surface area contributed by atoms with Gasteiger partial charge in [-0.2, -0.15) is 0 Å². The number of hydrogen-bond donors (Lipinski definition) is 1. The molecule has 0 saturated heterocycles. The highest BCUT2D eigenvalue weighted by Gasteiger charge is 2.28. The number of carbonyl (C=O) groups excluding carboxylic acids is 1. The first kappa shape index (κ1) is 11.2. The summed E-state index contributed by atoms with van der Waals surface area (Å²) in [5.74, 6) is -0.370. The Morgan fingerprint density at radius 3 is 2.93 bits per heavy atom. The van der Waals surface area contributed by atoms with Crippen LogP contribution in [0.25, 0.3) is 0 Å². The number of esters is 1. The van der Waals surface area contributed by atoms with Gasteiger partial charge in [-0.05, 0) is 25.3 Å². The van der Waals surface area contributed by atoms with Gasteiger partial charge >= 0.3 is 5.97 Å². The van der Waals surface area contributed by atoms with Gasteiger partial charge in [0.05, 0.1) is 13.0 Å². The zero-order chi connectivity index (χ0) is 10.6. The SMILES string of the molecule is CCOC(=O)CC(C)(O)c1cccs1. The Morgan fingerprint density at radius 2 is 2.43 bits per heavy atom. The van der Waals surface area contributed by atoms with E-state index in [-0.39, 0.29) is 12.4 Å². The number of thiophene rings is 1. The lowest BCUT2D eigenvalue weighted by Crippen LogP contribution is -2.25. The molecule has 0 saturated carbocycles. The highest BCUT2D eigenvalue weighted by Crippen LogP contribution is 2.28. The second kappa shape index (κ2) is 4.57. The minimum Gasteiger partial charge on any atom is -0.466 e. The fourth-order valence-electron chi connectivity index (χ4n) is 1.17. The van der Waals surface area contributed by atoms with Crippen LogP contribution < -0.4 is 0 Å². The third-order valence-electron chi connectivity index (χ3n) is 1.85. The maximum absolute atomic E-state index is 11.2. The molecule has 14 heavy (non-hydrogen) atoms. The molecule has 3 nitrogen and oxygen atoms in total. The maximum Gasteiger partial charge on any atom is 0.309 e. The molecule has 0 aliphatic heterocycles. The van der Waals surface area contributed by atoms with E-state index in [0.717, 1.165) is 4.88 Å². The van der Waals surface area contributed by atoms with Gasteiger partial charge in [0.25, 0.3) is 0 Å². The Hall–Kier alpha value is -0.870. The van der Waals surface area contributed by atoms with Crippen molar-refractivity contribution in [2.45, 2.75) is 25.9 Å². The van der Waals surface area contributed by atoms with Crippen LogP contribution in [0.3, 0.4) is 0 Å². The Bertz CT molecular complexity index is 290.